The highest BCUT2D eigenvalue weighted by Crippen LogP contribution is 2.19. The molecule has 0 spiro atoms. The van der Waals surface area contributed by atoms with Gasteiger partial charge in [0.1, 0.15) is 12.1 Å². The Labute approximate surface area is 208 Å². The largest absolute Gasteiger partial charge is 0.497 e. The average Bonchev–Trinajstić information content (AvgIpc) is 3.22. The molecule has 1 fully saturated rings. The lowest BCUT2D eigenvalue weighted by Gasteiger charge is -2.25. The van der Waals surface area contributed by atoms with Crippen LogP contribution in [0.5, 0.6) is 5.75 Å². The average molecular weight is 497 g/mol. The minimum absolute atomic E-state index is 0.00345. The normalized spacial score (nSPS) is 16.3. The molecule has 1 atom stereocenters. The van der Waals surface area contributed by atoms with Crippen LogP contribution in [0.15, 0.2) is 60.3 Å². The summed E-state index contributed by atoms with van der Waals surface area (Å²) in [6.07, 6.45) is 4.68. The van der Waals surface area contributed by atoms with Gasteiger partial charge in [-0.15, -0.1) is 10.2 Å². The van der Waals surface area contributed by atoms with Crippen LogP contribution in [0.2, 0.25) is 0 Å². The van der Waals surface area contributed by atoms with Crippen molar-refractivity contribution in [2.75, 3.05) is 32.5 Å². The minimum Gasteiger partial charge on any atom is -0.497 e. The smallest absolute Gasteiger partial charge is 0.242 e. The van der Waals surface area contributed by atoms with Crippen molar-refractivity contribution in [1.29, 1.82) is 0 Å². The molecule has 0 radical (unpaired) electrons. The second-order valence-corrected chi connectivity index (χ2v) is 9.14. The van der Waals surface area contributed by atoms with E-state index in [1.807, 2.05) is 43.4 Å². The van der Waals surface area contributed by atoms with Crippen molar-refractivity contribution >= 4 is 23.6 Å². The molecule has 0 aliphatic carbocycles. The standard InChI is InChI=1S/C24H28N6O4S/c1-28-17-26-27-24(28)35-16-23(32)30-13-21(34-15-19-7-9-25-10-8-19)12-29(22(31)14-30)11-18-3-5-20(33-2)6-4-18/h3-10,17,21H,11-16H2,1-2H3. The first-order valence-corrected chi connectivity index (χ1v) is 12.2. The quantitative estimate of drug-likeness (QED) is 0.413. The number of benzene rings is 1. The zero-order valence-electron chi connectivity index (χ0n) is 19.7. The fourth-order valence-electron chi connectivity index (χ4n) is 3.69. The van der Waals surface area contributed by atoms with Crippen LogP contribution in [0, 0.1) is 0 Å². The Balaban J connectivity index is 1.46. The van der Waals surface area contributed by atoms with Crippen molar-refractivity contribution in [3.63, 3.8) is 0 Å². The summed E-state index contributed by atoms with van der Waals surface area (Å²) in [7, 11) is 3.44. The van der Waals surface area contributed by atoms with Crippen LogP contribution in [0.3, 0.4) is 0 Å². The van der Waals surface area contributed by atoms with Gasteiger partial charge in [-0.2, -0.15) is 0 Å². The third-order valence-corrected chi connectivity index (χ3v) is 6.66. The first kappa shape index (κ1) is 24.7. The molecule has 1 aromatic carbocycles. The van der Waals surface area contributed by atoms with E-state index in [-0.39, 0.29) is 30.2 Å². The van der Waals surface area contributed by atoms with E-state index >= 15 is 0 Å². The van der Waals surface area contributed by atoms with E-state index in [9.17, 15) is 9.59 Å². The summed E-state index contributed by atoms with van der Waals surface area (Å²) in [5, 5.41) is 8.49. The highest BCUT2D eigenvalue weighted by atomic mass is 32.2. The summed E-state index contributed by atoms with van der Waals surface area (Å²) in [5.74, 6) is 0.657. The van der Waals surface area contributed by atoms with E-state index in [0.29, 0.717) is 31.4 Å². The number of aromatic nitrogens is 4. The van der Waals surface area contributed by atoms with Gasteiger partial charge in [-0.3, -0.25) is 14.6 Å². The van der Waals surface area contributed by atoms with Gasteiger partial charge in [0.15, 0.2) is 5.16 Å². The molecule has 35 heavy (non-hydrogen) atoms. The van der Waals surface area contributed by atoms with Crippen LogP contribution < -0.4 is 4.74 Å². The Hall–Kier alpha value is -3.44. The van der Waals surface area contributed by atoms with E-state index in [0.717, 1.165) is 16.9 Å². The Kier molecular flexibility index (Phi) is 8.32. The molecular weight excluding hydrogens is 468 g/mol. The van der Waals surface area contributed by atoms with Gasteiger partial charge in [0.05, 0.1) is 32.1 Å². The first-order valence-electron chi connectivity index (χ1n) is 11.2. The predicted molar refractivity (Wildman–Crippen MR) is 130 cm³/mol. The van der Waals surface area contributed by atoms with E-state index < -0.39 is 0 Å². The van der Waals surface area contributed by atoms with Crippen molar-refractivity contribution in [2.45, 2.75) is 24.4 Å². The molecule has 3 heterocycles. The van der Waals surface area contributed by atoms with E-state index in [1.54, 1.807) is 40.2 Å². The molecule has 0 bridgehead atoms. The van der Waals surface area contributed by atoms with Gasteiger partial charge in [0.25, 0.3) is 0 Å². The maximum Gasteiger partial charge on any atom is 0.242 e. The Bertz CT molecular complexity index is 1120. The fraction of sp³-hybridized carbons (Fsp3) is 0.375. The maximum absolute atomic E-state index is 13.2. The Morgan fingerprint density at radius 2 is 1.89 bits per heavy atom. The molecule has 184 valence electrons. The summed E-state index contributed by atoms with van der Waals surface area (Å²) < 4.78 is 13.2. The van der Waals surface area contributed by atoms with Crippen LogP contribution >= 0.6 is 11.8 Å². The lowest BCUT2D eigenvalue weighted by Crippen LogP contribution is -2.40. The topological polar surface area (TPSA) is 103 Å². The summed E-state index contributed by atoms with van der Waals surface area (Å²) >= 11 is 1.30. The monoisotopic (exact) mass is 496 g/mol. The third kappa shape index (κ3) is 6.80. The fourth-order valence-corrected chi connectivity index (χ4v) is 4.48. The van der Waals surface area contributed by atoms with Gasteiger partial charge in [-0.1, -0.05) is 23.9 Å². The molecule has 0 N–H and O–H groups in total. The molecule has 1 aliphatic rings. The van der Waals surface area contributed by atoms with Crippen molar-refractivity contribution in [3.05, 3.63) is 66.2 Å². The number of carbonyl (C=O) groups is 2. The molecule has 1 unspecified atom stereocenters. The van der Waals surface area contributed by atoms with Gasteiger partial charge < -0.3 is 23.8 Å². The number of pyridine rings is 1. The highest BCUT2D eigenvalue weighted by Gasteiger charge is 2.31. The second kappa shape index (κ2) is 11.8. The number of carbonyl (C=O) groups excluding carboxylic acids is 2. The van der Waals surface area contributed by atoms with Crippen LogP contribution in [0.1, 0.15) is 11.1 Å². The minimum atomic E-state index is -0.336. The first-order chi connectivity index (χ1) is 17.0. The molecule has 3 aromatic rings. The van der Waals surface area contributed by atoms with Crippen LogP contribution in [0.4, 0.5) is 0 Å². The Morgan fingerprint density at radius 3 is 2.57 bits per heavy atom. The highest BCUT2D eigenvalue weighted by molar-refractivity contribution is 7.99. The number of hydrogen-bond acceptors (Lipinski definition) is 8. The van der Waals surface area contributed by atoms with Crippen molar-refractivity contribution in [2.24, 2.45) is 7.05 Å². The molecule has 1 aliphatic heterocycles. The van der Waals surface area contributed by atoms with Crippen LogP contribution in [0.25, 0.3) is 0 Å². The molecule has 1 saturated heterocycles. The molecule has 10 nitrogen and oxygen atoms in total. The van der Waals surface area contributed by atoms with Gasteiger partial charge in [-0.25, -0.2) is 0 Å². The summed E-state index contributed by atoms with van der Waals surface area (Å²) in [4.78, 5) is 33.6. The number of amides is 2. The number of aryl methyl sites for hydroxylation is 1. The van der Waals surface area contributed by atoms with E-state index in [2.05, 4.69) is 15.2 Å². The molecule has 11 heteroatoms. The molecule has 2 aromatic heterocycles. The summed E-state index contributed by atoms with van der Waals surface area (Å²) in [5.41, 5.74) is 1.96. The third-order valence-electron chi connectivity index (χ3n) is 5.64. The maximum atomic E-state index is 13.2. The number of rotatable bonds is 9. The lowest BCUT2D eigenvalue weighted by atomic mass is 10.2. The van der Waals surface area contributed by atoms with Crippen molar-refractivity contribution in [1.82, 2.24) is 29.5 Å². The number of nitrogens with zero attached hydrogens (tertiary/aromatic N) is 6. The number of thioether (sulfide) groups is 1. The van der Waals surface area contributed by atoms with Crippen LogP contribution in [-0.2, 0) is 34.5 Å². The number of hydrogen-bond donors (Lipinski definition) is 0. The van der Waals surface area contributed by atoms with Crippen molar-refractivity contribution < 1.29 is 19.1 Å². The second-order valence-electron chi connectivity index (χ2n) is 8.20. The SMILES string of the molecule is COc1ccc(CN2CC(OCc3ccncc3)CN(C(=O)CSc3nncn3C)CC2=O)cc1. The van der Waals surface area contributed by atoms with Gasteiger partial charge in [-0.05, 0) is 35.4 Å². The van der Waals surface area contributed by atoms with E-state index in [1.165, 1.54) is 11.8 Å². The zero-order valence-corrected chi connectivity index (χ0v) is 20.6. The van der Waals surface area contributed by atoms with Crippen molar-refractivity contribution in [3.8, 4) is 5.75 Å². The van der Waals surface area contributed by atoms with Gasteiger partial charge in [0, 0.05) is 39.1 Å². The Morgan fingerprint density at radius 1 is 1.11 bits per heavy atom. The summed E-state index contributed by atoms with van der Waals surface area (Å²) in [6, 6.07) is 11.4. The van der Waals surface area contributed by atoms with E-state index in [4.69, 9.17) is 9.47 Å². The molecule has 0 saturated carbocycles. The molecule has 4 rings (SSSR count). The van der Waals surface area contributed by atoms with Gasteiger partial charge in [0.2, 0.25) is 11.8 Å². The number of ether oxygens (including phenoxy) is 2. The number of methoxy groups -OCH3 is 1. The molecular formula is C24H28N6O4S. The summed E-state index contributed by atoms with van der Waals surface area (Å²) in [6.45, 7) is 1.51. The van der Waals surface area contributed by atoms with Crippen LogP contribution in [-0.4, -0.2) is 80.0 Å². The molecule has 2 amide bonds. The van der Waals surface area contributed by atoms with Gasteiger partial charge >= 0.3 is 0 Å². The zero-order chi connectivity index (χ0) is 24.6. The lowest BCUT2D eigenvalue weighted by molar-refractivity contribution is -0.137. The predicted octanol–water partition coefficient (Wildman–Crippen LogP) is 1.77.